The van der Waals surface area contributed by atoms with Crippen LogP contribution in [0.3, 0.4) is 0 Å². The van der Waals surface area contributed by atoms with Gasteiger partial charge in [-0.3, -0.25) is 5.10 Å². The number of carbonyl (C=O) groups is 1. The van der Waals surface area contributed by atoms with E-state index in [0.717, 1.165) is 40.4 Å². The van der Waals surface area contributed by atoms with Crippen molar-refractivity contribution in [3.63, 3.8) is 0 Å². The van der Waals surface area contributed by atoms with Crippen LogP contribution in [0, 0.1) is 10.8 Å². The van der Waals surface area contributed by atoms with Gasteiger partial charge in [-0.2, -0.15) is 5.10 Å². The number of benzene rings is 2. The van der Waals surface area contributed by atoms with Gasteiger partial charge in [-0.25, -0.2) is 4.79 Å². The molecule has 1 aliphatic carbocycles. The lowest BCUT2D eigenvalue weighted by Gasteiger charge is -2.43. The van der Waals surface area contributed by atoms with Crippen LogP contribution in [0.1, 0.15) is 58.1 Å². The summed E-state index contributed by atoms with van der Waals surface area (Å²) in [6.45, 7) is 12.9. The Hall–Kier alpha value is -3.14. The summed E-state index contributed by atoms with van der Waals surface area (Å²) in [5.41, 5.74) is 5.97. The summed E-state index contributed by atoms with van der Waals surface area (Å²) in [5.74, 6) is 0.106. The van der Waals surface area contributed by atoms with Crippen molar-refractivity contribution in [1.29, 1.82) is 0 Å². The molecule has 2 aromatic carbocycles. The Morgan fingerprint density at radius 3 is 2.52 bits per heavy atom. The van der Waals surface area contributed by atoms with Crippen LogP contribution in [0.5, 0.6) is 5.75 Å². The Labute approximate surface area is 184 Å². The molecule has 0 spiro atoms. The van der Waals surface area contributed by atoms with E-state index < -0.39 is 5.97 Å². The summed E-state index contributed by atoms with van der Waals surface area (Å²) in [5, 5.41) is 8.27. The molecule has 4 nitrogen and oxygen atoms in total. The fourth-order valence-corrected chi connectivity index (χ4v) is 5.38. The standard InChI is InChI=1S/C27H30N2O2/c1-6-24(30)31-23-10-8-7-9-21(23)25(18-11-12-22-19(13-18)16-28-29-22)20-14-26(2,3)17-27(4,5)15-20/h6-13,16H,1,14-15,17H2,2-5H3,(H,28,29). The number of rotatable bonds is 4. The molecule has 1 saturated carbocycles. The van der Waals surface area contributed by atoms with Gasteiger partial charge >= 0.3 is 5.97 Å². The average Bonchev–Trinajstić information content (AvgIpc) is 3.15. The Kier molecular flexibility index (Phi) is 5.34. The number of nitrogens with one attached hydrogen (secondary N) is 1. The van der Waals surface area contributed by atoms with E-state index in [1.807, 2.05) is 30.5 Å². The van der Waals surface area contributed by atoms with E-state index in [1.54, 1.807) is 0 Å². The number of H-pyrrole nitrogens is 1. The van der Waals surface area contributed by atoms with Crippen molar-refractivity contribution in [2.45, 2.75) is 47.0 Å². The Morgan fingerprint density at radius 2 is 1.81 bits per heavy atom. The molecule has 1 N–H and O–H groups in total. The number of esters is 1. The van der Waals surface area contributed by atoms with E-state index in [1.165, 1.54) is 18.1 Å². The van der Waals surface area contributed by atoms with Crippen LogP contribution < -0.4 is 4.74 Å². The molecule has 1 fully saturated rings. The summed E-state index contributed by atoms with van der Waals surface area (Å²) in [4.78, 5) is 12.0. The van der Waals surface area contributed by atoms with Gasteiger partial charge in [0.2, 0.25) is 0 Å². The predicted molar refractivity (Wildman–Crippen MR) is 126 cm³/mol. The van der Waals surface area contributed by atoms with E-state index in [0.29, 0.717) is 5.75 Å². The van der Waals surface area contributed by atoms with E-state index in [9.17, 15) is 4.79 Å². The van der Waals surface area contributed by atoms with Gasteiger partial charge in [-0.15, -0.1) is 0 Å². The van der Waals surface area contributed by atoms with Crippen molar-refractivity contribution < 1.29 is 9.53 Å². The van der Waals surface area contributed by atoms with Gasteiger partial charge in [0, 0.05) is 17.0 Å². The number of ether oxygens (including phenoxy) is 1. The quantitative estimate of drug-likeness (QED) is 0.294. The fraction of sp³-hybridized carbons (Fsp3) is 0.333. The second kappa shape index (κ2) is 7.84. The SMILES string of the molecule is C=CC(=O)Oc1ccccc1C(=C1CC(C)(C)CC(C)(C)C1)c1ccc2[nH]ncc2c1. The van der Waals surface area contributed by atoms with Crippen LogP contribution in [0.25, 0.3) is 16.5 Å². The smallest absolute Gasteiger partial charge is 0.335 e. The van der Waals surface area contributed by atoms with E-state index in [2.05, 4.69) is 62.7 Å². The van der Waals surface area contributed by atoms with Gasteiger partial charge in [-0.05, 0) is 59.4 Å². The molecule has 0 aliphatic heterocycles. The van der Waals surface area contributed by atoms with Crippen LogP contribution in [0.4, 0.5) is 0 Å². The first-order chi connectivity index (χ1) is 14.7. The maximum Gasteiger partial charge on any atom is 0.335 e. The second-order valence-electron chi connectivity index (χ2n) is 10.1. The molecule has 0 atom stereocenters. The Morgan fingerprint density at radius 1 is 1.10 bits per heavy atom. The van der Waals surface area contributed by atoms with Crippen LogP contribution in [0.15, 0.2) is 66.9 Å². The predicted octanol–water partition coefficient (Wildman–Crippen LogP) is 6.69. The van der Waals surface area contributed by atoms with Crippen LogP contribution in [0.2, 0.25) is 0 Å². The average molecular weight is 415 g/mol. The lowest BCUT2D eigenvalue weighted by molar-refractivity contribution is -0.128. The van der Waals surface area contributed by atoms with Crippen molar-refractivity contribution in [3.05, 3.63) is 78.0 Å². The Balaban J connectivity index is 1.97. The number of nitrogens with zero attached hydrogens (tertiary/aromatic N) is 1. The van der Waals surface area contributed by atoms with Gasteiger partial charge in [0.1, 0.15) is 5.75 Å². The van der Waals surface area contributed by atoms with Gasteiger partial charge in [-0.1, -0.05) is 64.1 Å². The number of aromatic nitrogens is 2. The lowest BCUT2D eigenvalue weighted by Crippen LogP contribution is -2.30. The highest BCUT2D eigenvalue weighted by atomic mass is 16.5. The minimum atomic E-state index is -0.452. The van der Waals surface area contributed by atoms with Crippen LogP contribution in [-0.4, -0.2) is 16.2 Å². The van der Waals surface area contributed by atoms with Crippen LogP contribution >= 0.6 is 0 Å². The molecule has 1 aliphatic rings. The molecule has 160 valence electrons. The molecule has 1 aromatic heterocycles. The highest BCUT2D eigenvalue weighted by Crippen LogP contribution is 2.51. The summed E-state index contributed by atoms with van der Waals surface area (Å²) in [6, 6.07) is 14.2. The van der Waals surface area contributed by atoms with Crippen molar-refractivity contribution in [2.24, 2.45) is 10.8 Å². The zero-order valence-corrected chi connectivity index (χ0v) is 18.8. The highest BCUT2D eigenvalue weighted by Gasteiger charge is 2.37. The van der Waals surface area contributed by atoms with Crippen molar-refractivity contribution in [1.82, 2.24) is 10.2 Å². The maximum atomic E-state index is 12.0. The van der Waals surface area contributed by atoms with E-state index in [4.69, 9.17) is 4.74 Å². The first-order valence-corrected chi connectivity index (χ1v) is 10.8. The minimum absolute atomic E-state index is 0.189. The third-order valence-electron chi connectivity index (χ3n) is 5.96. The number of carbonyl (C=O) groups excluding carboxylic acids is 1. The molecular weight excluding hydrogens is 384 g/mol. The number of hydrogen-bond donors (Lipinski definition) is 1. The molecule has 31 heavy (non-hydrogen) atoms. The van der Waals surface area contributed by atoms with Crippen molar-refractivity contribution in [2.75, 3.05) is 0 Å². The molecule has 0 unspecified atom stereocenters. The first-order valence-electron chi connectivity index (χ1n) is 10.8. The maximum absolute atomic E-state index is 12.0. The summed E-state index contributed by atoms with van der Waals surface area (Å²) in [6.07, 6.45) is 6.22. The monoisotopic (exact) mass is 414 g/mol. The number of para-hydroxylation sites is 1. The minimum Gasteiger partial charge on any atom is -0.423 e. The zero-order chi connectivity index (χ0) is 22.2. The number of aromatic amines is 1. The third-order valence-corrected chi connectivity index (χ3v) is 5.96. The molecular formula is C27H30N2O2. The van der Waals surface area contributed by atoms with Gasteiger partial charge in [0.15, 0.2) is 0 Å². The highest BCUT2D eigenvalue weighted by molar-refractivity contribution is 5.92. The molecule has 1 heterocycles. The summed E-state index contributed by atoms with van der Waals surface area (Å²) >= 11 is 0. The molecule has 0 bridgehead atoms. The zero-order valence-electron chi connectivity index (χ0n) is 18.8. The summed E-state index contributed by atoms with van der Waals surface area (Å²) in [7, 11) is 0. The largest absolute Gasteiger partial charge is 0.423 e. The normalized spacial score (nSPS) is 17.4. The lowest BCUT2D eigenvalue weighted by atomic mass is 9.62. The van der Waals surface area contributed by atoms with Crippen LogP contribution in [-0.2, 0) is 4.79 Å². The van der Waals surface area contributed by atoms with Gasteiger partial charge < -0.3 is 4.74 Å². The van der Waals surface area contributed by atoms with Crippen molar-refractivity contribution in [3.8, 4) is 5.75 Å². The number of fused-ring (bicyclic) bond motifs is 1. The number of hydrogen-bond acceptors (Lipinski definition) is 3. The molecule has 3 aromatic rings. The van der Waals surface area contributed by atoms with Gasteiger partial charge in [0.05, 0.1) is 11.7 Å². The molecule has 0 amide bonds. The molecule has 4 heteroatoms. The van der Waals surface area contributed by atoms with E-state index in [-0.39, 0.29) is 10.8 Å². The Bertz CT molecular complexity index is 1160. The second-order valence-corrected chi connectivity index (χ2v) is 10.1. The van der Waals surface area contributed by atoms with Gasteiger partial charge in [0.25, 0.3) is 0 Å². The first kappa shape index (κ1) is 21.1. The summed E-state index contributed by atoms with van der Waals surface area (Å²) < 4.78 is 5.65. The third kappa shape index (κ3) is 4.48. The fourth-order valence-electron chi connectivity index (χ4n) is 5.38. The van der Waals surface area contributed by atoms with Crippen molar-refractivity contribution >= 4 is 22.4 Å². The molecule has 0 radical (unpaired) electrons. The topological polar surface area (TPSA) is 55.0 Å². The number of allylic oxidation sites excluding steroid dienone is 1. The molecule has 0 saturated heterocycles. The van der Waals surface area contributed by atoms with E-state index >= 15 is 0 Å². The molecule has 4 rings (SSSR count).